The zero-order valence-electron chi connectivity index (χ0n) is 6.17. The molecule has 0 aromatic carbocycles. The first-order valence-corrected chi connectivity index (χ1v) is 3.62. The minimum atomic E-state index is 0.0429. The van der Waals surface area contributed by atoms with E-state index in [0.29, 0.717) is 0 Å². The number of hydrogen-bond donors (Lipinski definition) is 1. The van der Waals surface area contributed by atoms with Crippen molar-refractivity contribution in [3.05, 3.63) is 24.0 Å². The van der Waals surface area contributed by atoms with E-state index in [2.05, 4.69) is 12.3 Å². The third-order valence-corrected chi connectivity index (χ3v) is 2.20. The Bertz CT molecular complexity index is 246. The first-order valence-electron chi connectivity index (χ1n) is 3.62. The maximum absolute atomic E-state index is 5.97. The van der Waals surface area contributed by atoms with Gasteiger partial charge in [-0.3, -0.25) is 0 Å². The summed E-state index contributed by atoms with van der Waals surface area (Å²) in [6, 6.07) is 2.10. The molecule has 10 heavy (non-hydrogen) atoms. The van der Waals surface area contributed by atoms with Gasteiger partial charge in [0.15, 0.2) is 0 Å². The summed E-state index contributed by atoms with van der Waals surface area (Å²) in [5, 5.41) is 0. The zero-order valence-corrected chi connectivity index (χ0v) is 6.17. The summed E-state index contributed by atoms with van der Waals surface area (Å²) < 4.78 is 2.04. The van der Waals surface area contributed by atoms with E-state index in [1.807, 2.05) is 17.8 Å². The van der Waals surface area contributed by atoms with E-state index >= 15 is 0 Å². The topological polar surface area (TPSA) is 30.9 Å². The molecular formula is C8H12N2. The summed E-state index contributed by atoms with van der Waals surface area (Å²) in [6.07, 6.45) is 6.45. The van der Waals surface area contributed by atoms with Crippen LogP contribution in [0.25, 0.3) is 0 Å². The second kappa shape index (κ2) is 1.64. The number of aromatic nitrogens is 1. The molecule has 2 nitrogen and oxygen atoms in total. The monoisotopic (exact) mass is 136 g/mol. The molecular weight excluding hydrogens is 124 g/mol. The lowest BCUT2D eigenvalue weighted by molar-refractivity contribution is 0.736. The van der Waals surface area contributed by atoms with Crippen LogP contribution in [0.3, 0.4) is 0 Å². The molecule has 54 valence electrons. The fourth-order valence-corrected chi connectivity index (χ4v) is 1.22. The average molecular weight is 136 g/mol. The fourth-order valence-electron chi connectivity index (χ4n) is 1.22. The molecule has 2 heteroatoms. The van der Waals surface area contributed by atoms with Crippen LogP contribution in [0.1, 0.15) is 18.4 Å². The predicted octanol–water partition coefficient (Wildman–Crippen LogP) is 0.973. The van der Waals surface area contributed by atoms with E-state index < -0.39 is 0 Å². The summed E-state index contributed by atoms with van der Waals surface area (Å²) >= 11 is 0. The van der Waals surface area contributed by atoms with Crippen LogP contribution in [0.2, 0.25) is 0 Å². The molecule has 1 aromatic rings. The van der Waals surface area contributed by atoms with Crippen LogP contribution in [0.5, 0.6) is 0 Å². The van der Waals surface area contributed by atoms with Crippen LogP contribution >= 0.6 is 0 Å². The number of nitrogens with two attached hydrogens (primary N) is 1. The molecule has 1 aliphatic carbocycles. The van der Waals surface area contributed by atoms with Crippen LogP contribution in [0, 0.1) is 0 Å². The molecule has 0 radical (unpaired) electrons. The van der Waals surface area contributed by atoms with Gasteiger partial charge in [0.25, 0.3) is 0 Å². The summed E-state index contributed by atoms with van der Waals surface area (Å²) in [5.41, 5.74) is 7.30. The maximum Gasteiger partial charge on any atom is 0.0426 e. The zero-order chi connectivity index (χ0) is 7.19. The van der Waals surface area contributed by atoms with Crippen molar-refractivity contribution in [1.82, 2.24) is 4.57 Å². The van der Waals surface area contributed by atoms with Gasteiger partial charge in [-0.05, 0) is 24.5 Å². The van der Waals surface area contributed by atoms with E-state index in [1.165, 1.54) is 5.56 Å². The Labute approximate surface area is 60.6 Å². The molecule has 0 amide bonds. The largest absolute Gasteiger partial charge is 0.357 e. The lowest BCUT2D eigenvalue weighted by atomic mass is 10.1. The van der Waals surface area contributed by atoms with Gasteiger partial charge in [0.05, 0.1) is 0 Å². The molecule has 0 aliphatic heterocycles. The molecule has 1 aliphatic rings. The number of aryl methyl sites for hydroxylation is 1. The SMILES string of the molecule is Cn1ccc(C2(N)CC2)c1. The Hall–Kier alpha value is -0.760. The van der Waals surface area contributed by atoms with Crippen molar-refractivity contribution in [2.24, 2.45) is 12.8 Å². The third kappa shape index (κ3) is 0.762. The Balaban J connectivity index is 2.34. The van der Waals surface area contributed by atoms with Crippen molar-refractivity contribution in [2.75, 3.05) is 0 Å². The summed E-state index contributed by atoms with van der Waals surface area (Å²) in [4.78, 5) is 0. The average Bonchev–Trinajstić information content (AvgIpc) is 2.45. The number of hydrogen-bond acceptors (Lipinski definition) is 1. The molecule has 2 N–H and O–H groups in total. The van der Waals surface area contributed by atoms with Crippen molar-refractivity contribution in [3.8, 4) is 0 Å². The van der Waals surface area contributed by atoms with Gasteiger partial charge in [0.2, 0.25) is 0 Å². The van der Waals surface area contributed by atoms with Gasteiger partial charge in [-0.25, -0.2) is 0 Å². The van der Waals surface area contributed by atoms with Crippen LogP contribution < -0.4 is 5.73 Å². The molecule has 2 rings (SSSR count). The Kier molecular flexibility index (Phi) is 0.980. The molecule has 0 spiro atoms. The van der Waals surface area contributed by atoms with Crippen molar-refractivity contribution >= 4 is 0 Å². The normalized spacial score (nSPS) is 21.0. The standard InChI is InChI=1S/C8H12N2/c1-10-5-2-7(6-10)8(9)3-4-8/h2,5-6H,3-4,9H2,1H3. The molecule has 0 unspecified atom stereocenters. The smallest absolute Gasteiger partial charge is 0.0426 e. The highest BCUT2D eigenvalue weighted by atomic mass is 14.9. The molecule has 1 aromatic heterocycles. The second-order valence-electron chi connectivity index (χ2n) is 3.22. The molecule has 0 atom stereocenters. The van der Waals surface area contributed by atoms with Crippen LogP contribution in [-0.4, -0.2) is 4.57 Å². The minimum Gasteiger partial charge on any atom is -0.357 e. The van der Waals surface area contributed by atoms with E-state index in [9.17, 15) is 0 Å². The molecule has 1 heterocycles. The van der Waals surface area contributed by atoms with Crippen LogP contribution in [-0.2, 0) is 12.6 Å². The Morgan fingerprint density at radius 3 is 2.70 bits per heavy atom. The highest BCUT2D eigenvalue weighted by Crippen LogP contribution is 2.42. The Morgan fingerprint density at radius 1 is 1.60 bits per heavy atom. The summed E-state index contributed by atoms with van der Waals surface area (Å²) in [5.74, 6) is 0. The van der Waals surface area contributed by atoms with E-state index in [4.69, 9.17) is 5.73 Å². The summed E-state index contributed by atoms with van der Waals surface area (Å²) in [6.45, 7) is 0. The van der Waals surface area contributed by atoms with Gasteiger partial charge in [-0.2, -0.15) is 0 Å². The van der Waals surface area contributed by atoms with E-state index in [0.717, 1.165) is 12.8 Å². The van der Waals surface area contributed by atoms with Gasteiger partial charge in [-0.15, -0.1) is 0 Å². The quantitative estimate of drug-likeness (QED) is 0.612. The second-order valence-corrected chi connectivity index (χ2v) is 3.22. The van der Waals surface area contributed by atoms with Gasteiger partial charge < -0.3 is 10.3 Å². The number of rotatable bonds is 1. The molecule has 1 saturated carbocycles. The van der Waals surface area contributed by atoms with E-state index in [1.54, 1.807) is 0 Å². The van der Waals surface area contributed by atoms with E-state index in [-0.39, 0.29) is 5.54 Å². The Morgan fingerprint density at radius 2 is 2.30 bits per heavy atom. The van der Waals surface area contributed by atoms with Gasteiger partial charge >= 0.3 is 0 Å². The van der Waals surface area contributed by atoms with Crippen molar-refractivity contribution in [3.63, 3.8) is 0 Å². The first-order chi connectivity index (χ1) is 4.71. The lowest BCUT2D eigenvalue weighted by Crippen LogP contribution is -2.17. The summed E-state index contributed by atoms with van der Waals surface area (Å²) in [7, 11) is 2.02. The number of nitrogens with zero attached hydrogens (tertiary/aromatic N) is 1. The minimum absolute atomic E-state index is 0.0429. The molecule has 1 fully saturated rings. The van der Waals surface area contributed by atoms with Crippen LogP contribution in [0.4, 0.5) is 0 Å². The van der Waals surface area contributed by atoms with Crippen LogP contribution in [0.15, 0.2) is 18.5 Å². The van der Waals surface area contributed by atoms with Gasteiger partial charge in [-0.1, -0.05) is 0 Å². The highest BCUT2D eigenvalue weighted by molar-refractivity contribution is 5.26. The predicted molar refractivity (Wildman–Crippen MR) is 40.5 cm³/mol. The maximum atomic E-state index is 5.97. The van der Waals surface area contributed by atoms with Crippen molar-refractivity contribution in [1.29, 1.82) is 0 Å². The first kappa shape index (κ1) is 5.98. The lowest BCUT2D eigenvalue weighted by Gasteiger charge is -2.03. The third-order valence-electron chi connectivity index (χ3n) is 2.20. The van der Waals surface area contributed by atoms with Crippen molar-refractivity contribution in [2.45, 2.75) is 18.4 Å². The van der Waals surface area contributed by atoms with Gasteiger partial charge in [0, 0.05) is 25.0 Å². The van der Waals surface area contributed by atoms with Crippen molar-refractivity contribution < 1.29 is 0 Å². The molecule has 0 saturated heterocycles. The highest BCUT2D eigenvalue weighted by Gasteiger charge is 2.40. The molecule has 0 bridgehead atoms. The van der Waals surface area contributed by atoms with Gasteiger partial charge in [0.1, 0.15) is 0 Å². The fraction of sp³-hybridized carbons (Fsp3) is 0.500.